The van der Waals surface area contributed by atoms with E-state index >= 15 is 0 Å². The van der Waals surface area contributed by atoms with Gasteiger partial charge in [-0.05, 0) is 24.5 Å². The number of nitrogens with two attached hydrogens (primary N) is 1. The van der Waals surface area contributed by atoms with Crippen molar-refractivity contribution in [1.29, 1.82) is 0 Å². The highest BCUT2D eigenvalue weighted by molar-refractivity contribution is 7.98. The van der Waals surface area contributed by atoms with Crippen LogP contribution in [0.1, 0.15) is 26.1 Å². The molecule has 0 aliphatic heterocycles. The van der Waals surface area contributed by atoms with Gasteiger partial charge in [-0.25, -0.2) is 4.98 Å². The van der Waals surface area contributed by atoms with Gasteiger partial charge in [0.25, 0.3) is 5.56 Å². The van der Waals surface area contributed by atoms with Crippen molar-refractivity contribution >= 4 is 34.6 Å². The summed E-state index contributed by atoms with van der Waals surface area (Å²) in [6, 6.07) is 7.43. The SMILES string of the molecule is CC(C)CCn1c(SCc2nc(N)nc(N(C)C)n2)nc2ccccc2c1=O. The first-order valence-corrected chi connectivity index (χ1v) is 10.1. The monoisotopic (exact) mass is 399 g/mol. The molecule has 8 nitrogen and oxygen atoms in total. The summed E-state index contributed by atoms with van der Waals surface area (Å²) < 4.78 is 1.75. The first-order valence-electron chi connectivity index (χ1n) is 9.15. The van der Waals surface area contributed by atoms with E-state index < -0.39 is 0 Å². The molecule has 0 saturated heterocycles. The maximum atomic E-state index is 13.0. The molecular formula is C19H25N7OS. The van der Waals surface area contributed by atoms with E-state index in [2.05, 4.69) is 28.8 Å². The molecule has 9 heteroatoms. The molecule has 0 bridgehead atoms. The average Bonchev–Trinajstić information content (AvgIpc) is 2.65. The van der Waals surface area contributed by atoms with E-state index in [0.29, 0.717) is 46.0 Å². The van der Waals surface area contributed by atoms with Crippen LogP contribution in [0.2, 0.25) is 0 Å². The molecule has 3 rings (SSSR count). The number of para-hydroxylation sites is 1. The fourth-order valence-electron chi connectivity index (χ4n) is 2.66. The fourth-order valence-corrected chi connectivity index (χ4v) is 3.54. The molecule has 2 heterocycles. The maximum Gasteiger partial charge on any atom is 0.262 e. The van der Waals surface area contributed by atoms with Crippen molar-refractivity contribution in [2.24, 2.45) is 5.92 Å². The van der Waals surface area contributed by atoms with E-state index in [1.807, 2.05) is 38.4 Å². The number of hydrogen-bond donors (Lipinski definition) is 1. The topological polar surface area (TPSA) is 103 Å². The molecule has 0 amide bonds. The quantitative estimate of drug-likeness (QED) is 0.478. The lowest BCUT2D eigenvalue weighted by Crippen LogP contribution is -2.24. The van der Waals surface area contributed by atoms with Crippen LogP contribution in [0.4, 0.5) is 11.9 Å². The minimum absolute atomic E-state index is 0.0158. The molecule has 28 heavy (non-hydrogen) atoms. The van der Waals surface area contributed by atoms with Crippen molar-refractivity contribution in [1.82, 2.24) is 24.5 Å². The van der Waals surface area contributed by atoms with E-state index in [-0.39, 0.29) is 11.5 Å². The van der Waals surface area contributed by atoms with Crippen LogP contribution in [0.15, 0.2) is 34.2 Å². The Bertz CT molecular complexity index is 1030. The van der Waals surface area contributed by atoms with E-state index in [9.17, 15) is 4.79 Å². The molecular weight excluding hydrogens is 374 g/mol. The normalized spacial score (nSPS) is 11.3. The highest BCUT2D eigenvalue weighted by Gasteiger charge is 2.14. The van der Waals surface area contributed by atoms with Gasteiger partial charge < -0.3 is 10.6 Å². The predicted octanol–water partition coefficient (Wildman–Crippen LogP) is 2.57. The Hall–Kier alpha value is -2.68. The van der Waals surface area contributed by atoms with Crippen molar-refractivity contribution in [3.05, 3.63) is 40.4 Å². The second-order valence-electron chi connectivity index (χ2n) is 7.14. The number of thioether (sulfide) groups is 1. The number of rotatable bonds is 7. The lowest BCUT2D eigenvalue weighted by Gasteiger charge is -2.14. The molecule has 0 radical (unpaired) electrons. The van der Waals surface area contributed by atoms with Gasteiger partial charge in [0, 0.05) is 20.6 Å². The molecule has 0 fully saturated rings. The molecule has 0 saturated carbocycles. The number of aromatic nitrogens is 5. The van der Waals surface area contributed by atoms with Crippen molar-refractivity contribution in [2.75, 3.05) is 24.7 Å². The van der Waals surface area contributed by atoms with Crippen molar-refractivity contribution in [3.63, 3.8) is 0 Å². The Labute approximate surface area is 168 Å². The Morgan fingerprint density at radius 2 is 1.89 bits per heavy atom. The van der Waals surface area contributed by atoms with Crippen LogP contribution >= 0.6 is 11.8 Å². The number of nitrogens with zero attached hydrogens (tertiary/aromatic N) is 6. The van der Waals surface area contributed by atoms with Gasteiger partial charge >= 0.3 is 0 Å². The molecule has 2 aromatic heterocycles. The molecule has 2 N–H and O–H groups in total. The lowest BCUT2D eigenvalue weighted by atomic mass is 10.1. The summed E-state index contributed by atoms with van der Waals surface area (Å²) in [6.45, 7) is 4.91. The minimum atomic E-state index is -0.0158. The van der Waals surface area contributed by atoms with Crippen LogP contribution in [0.3, 0.4) is 0 Å². The van der Waals surface area contributed by atoms with Crippen LogP contribution in [0.5, 0.6) is 0 Å². The molecule has 0 aliphatic rings. The minimum Gasteiger partial charge on any atom is -0.368 e. The van der Waals surface area contributed by atoms with Gasteiger partial charge in [-0.1, -0.05) is 37.7 Å². The molecule has 0 spiro atoms. The van der Waals surface area contributed by atoms with Gasteiger partial charge in [0.05, 0.1) is 16.7 Å². The first kappa shape index (κ1) is 20.1. The van der Waals surface area contributed by atoms with Crippen LogP contribution < -0.4 is 16.2 Å². The van der Waals surface area contributed by atoms with Gasteiger partial charge in [0.15, 0.2) is 5.16 Å². The summed E-state index contributed by atoms with van der Waals surface area (Å²) in [4.78, 5) is 32.3. The number of anilines is 2. The third-order valence-electron chi connectivity index (χ3n) is 4.17. The largest absolute Gasteiger partial charge is 0.368 e. The molecule has 148 valence electrons. The van der Waals surface area contributed by atoms with Crippen molar-refractivity contribution < 1.29 is 0 Å². The zero-order valence-corrected chi connectivity index (χ0v) is 17.4. The van der Waals surface area contributed by atoms with Crippen molar-refractivity contribution in [2.45, 2.75) is 37.7 Å². The molecule has 1 aromatic carbocycles. The number of hydrogen-bond acceptors (Lipinski definition) is 8. The number of benzene rings is 1. The number of fused-ring (bicyclic) bond motifs is 1. The Morgan fingerprint density at radius 1 is 1.14 bits per heavy atom. The molecule has 0 aliphatic carbocycles. The Morgan fingerprint density at radius 3 is 2.61 bits per heavy atom. The summed E-state index contributed by atoms with van der Waals surface area (Å²) in [5, 5.41) is 1.30. The van der Waals surface area contributed by atoms with Gasteiger partial charge in [-0.3, -0.25) is 9.36 Å². The third-order valence-corrected chi connectivity index (χ3v) is 5.15. The number of nitrogen functional groups attached to an aromatic ring is 1. The van der Waals surface area contributed by atoms with E-state index in [0.717, 1.165) is 6.42 Å². The zero-order valence-electron chi connectivity index (χ0n) is 16.6. The Balaban J connectivity index is 1.95. The van der Waals surface area contributed by atoms with E-state index in [4.69, 9.17) is 10.7 Å². The summed E-state index contributed by atoms with van der Waals surface area (Å²) in [7, 11) is 3.69. The van der Waals surface area contributed by atoms with Crippen molar-refractivity contribution in [3.8, 4) is 0 Å². The smallest absolute Gasteiger partial charge is 0.262 e. The maximum absolute atomic E-state index is 13.0. The lowest BCUT2D eigenvalue weighted by molar-refractivity contribution is 0.481. The Kier molecular flexibility index (Phi) is 6.13. The van der Waals surface area contributed by atoms with Crippen LogP contribution in [0, 0.1) is 5.92 Å². The second kappa shape index (κ2) is 8.55. The van der Waals surface area contributed by atoms with Gasteiger partial charge in [0.2, 0.25) is 11.9 Å². The summed E-state index contributed by atoms with van der Waals surface area (Å²) in [6.07, 6.45) is 0.900. The van der Waals surface area contributed by atoms with Crippen LogP contribution in [-0.2, 0) is 12.3 Å². The highest BCUT2D eigenvalue weighted by Crippen LogP contribution is 2.22. The van der Waals surface area contributed by atoms with Crippen LogP contribution in [-0.4, -0.2) is 38.6 Å². The van der Waals surface area contributed by atoms with Gasteiger partial charge in [-0.2, -0.15) is 15.0 Å². The average molecular weight is 400 g/mol. The third kappa shape index (κ3) is 4.59. The molecule has 0 atom stereocenters. The highest BCUT2D eigenvalue weighted by atomic mass is 32.2. The zero-order chi connectivity index (χ0) is 20.3. The summed E-state index contributed by atoms with van der Waals surface area (Å²) >= 11 is 1.43. The molecule has 3 aromatic rings. The molecule has 0 unspecified atom stereocenters. The second-order valence-corrected chi connectivity index (χ2v) is 8.09. The first-order chi connectivity index (χ1) is 13.3. The van der Waals surface area contributed by atoms with Crippen LogP contribution in [0.25, 0.3) is 10.9 Å². The summed E-state index contributed by atoms with van der Waals surface area (Å²) in [5.41, 5.74) is 6.49. The predicted molar refractivity (Wildman–Crippen MR) is 114 cm³/mol. The van der Waals surface area contributed by atoms with E-state index in [1.54, 1.807) is 9.47 Å². The standard InChI is InChI=1S/C19H25N7OS/c1-12(2)9-10-26-16(27)13-7-5-6-8-14(13)21-19(26)28-11-15-22-17(20)24-18(23-15)25(3)4/h5-8,12H,9-11H2,1-4H3,(H2,20,22,23,24). The van der Waals surface area contributed by atoms with Gasteiger partial charge in [-0.15, -0.1) is 0 Å². The van der Waals surface area contributed by atoms with E-state index in [1.165, 1.54) is 11.8 Å². The van der Waals surface area contributed by atoms with Gasteiger partial charge in [0.1, 0.15) is 5.82 Å². The fraction of sp³-hybridized carbons (Fsp3) is 0.421. The summed E-state index contributed by atoms with van der Waals surface area (Å²) in [5.74, 6) is 2.17.